The molecule has 0 spiro atoms. The van der Waals surface area contributed by atoms with Crippen LogP contribution in [0.15, 0.2) is 24.3 Å². The van der Waals surface area contributed by atoms with Crippen LogP contribution in [0.25, 0.3) is 0 Å². The summed E-state index contributed by atoms with van der Waals surface area (Å²) in [5, 5.41) is 0.116. The van der Waals surface area contributed by atoms with Crippen molar-refractivity contribution < 1.29 is 0 Å². The quantitative estimate of drug-likeness (QED) is 0.394. The van der Waals surface area contributed by atoms with E-state index in [1.807, 2.05) is 0 Å². The molecule has 0 aromatic heterocycles. The van der Waals surface area contributed by atoms with Gasteiger partial charge in [-0.05, 0) is 12.8 Å². The van der Waals surface area contributed by atoms with Crippen molar-refractivity contribution in [3.63, 3.8) is 0 Å². The maximum atomic E-state index is 5.91. The summed E-state index contributed by atoms with van der Waals surface area (Å²) in [5.74, 6) is 0. The van der Waals surface area contributed by atoms with Crippen molar-refractivity contribution in [3.05, 3.63) is 24.3 Å². The van der Waals surface area contributed by atoms with Crippen LogP contribution in [-0.4, -0.2) is 10.8 Å². The molecule has 2 atom stereocenters. The van der Waals surface area contributed by atoms with Gasteiger partial charge < -0.3 is 0 Å². The lowest BCUT2D eigenvalue weighted by atomic mass is 9.92. The van der Waals surface area contributed by atoms with Crippen molar-refractivity contribution in [2.45, 2.75) is 23.6 Å². The smallest absolute Gasteiger partial charge is 0.0580 e. The van der Waals surface area contributed by atoms with Gasteiger partial charge in [0.05, 0.1) is 10.8 Å². The van der Waals surface area contributed by atoms with Crippen LogP contribution in [0.3, 0.4) is 0 Å². The van der Waals surface area contributed by atoms with E-state index in [1.165, 1.54) is 0 Å². The van der Waals surface area contributed by atoms with Crippen LogP contribution in [-0.2, 0) is 0 Å². The van der Waals surface area contributed by atoms with E-state index in [0.717, 1.165) is 24.0 Å². The molecule has 1 aliphatic rings. The molecule has 2 heteroatoms. The topological polar surface area (TPSA) is 0 Å². The Morgan fingerprint density at radius 3 is 1.60 bits per heavy atom. The van der Waals surface area contributed by atoms with Gasteiger partial charge in [0.15, 0.2) is 0 Å². The minimum atomic E-state index is 0.0579. The van der Waals surface area contributed by atoms with Crippen LogP contribution in [0.1, 0.15) is 12.8 Å². The van der Waals surface area contributed by atoms with Crippen molar-refractivity contribution >= 4 is 23.2 Å². The lowest BCUT2D eigenvalue weighted by Gasteiger charge is -2.25. The van der Waals surface area contributed by atoms with Crippen molar-refractivity contribution in [3.8, 4) is 0 Å². The molecule has 0 aliphatic heterocycles. The van der Waals surface area contributed by atoms with E-state index in [2.05, 4.69) is 13.2 Å². The summed E-state index contributed by atoms with van der Waals surface area (Å²) in [7, 11) is 0. The van der Waals surface area contributed by atoms with Crippen LogP contribution < -0.4 is 0 Å². The van der Waals surface area contributed by atoms with Gasteiger partial charge >= 0.3 is 0 Å². The highest BCUT2D eigenvalue weighted by Gasteiger charge is 2.23. The van der Waals surface area contributed by atoms with Crippen LogP contribution in [0.2, 0.25) is 0 Å². The molecular formula is C8H10Cl2. The molecule has 2 unspecified atom stereocenters. The van der Waals surface area contributed by atoms with Gasteiger partial charge in [0.1, 0.15) is 0 Å². The molecule has 0 radical (unpaired) electrons. The van der Waals surface area contributed by atoms with Gasteiger partial charge in [-0.1, -0.05) is 24.3 Å². The Kier molecular flexibility index (Phi) is 2.43. The Morgan fingerprint density at radius 2 is 1.30 bits per heavy atom. The number of rotatable bonds is 0. The first-order valence-corrected chi connectivity index (χ1v) is 4.12. The van der Waals surface area contributed by atoms with Crippen molar-refractivity contribution in [2.24, 2.45) is 0 Å². The van der Waals surface area contributed by atoms with Crippen molar-refractivity contribution in [1.29, 1.82) is 0 Å². The summed E-state index contributed by atoms with van der Waals surface area (Å²) in [5.41, 5.74) is 2.07. The Balaban J connectivity index is 2.63. The molecule has 0 amide bonds. The minimum Gasteiger partial charge on any atom is -0.118 e. The Labute approximate surface area is 71.5 Å². The zero-order valence-corrected chi connectivity index (χ0v) is 7.25. The molecule has 0 bridgehead atoms. The second-order valence-corrected chi connectivity index (χ2v) is 3.71. The molecule has 0 N–H and O–H groups in total. The standard InChI is InChI=1S/C8H10Cl2/c1-5-3-8(10)6(2)4-7(5)9/h7-8H,1-4H2. The second-order valence-electron chi connectivity index (χ2n) is 2.66. The molecule has 56 valence electrons. The normalized spacial score (nSPS) is 34.6. The van der Waals surface area contributed by atoms with Crippen molar-refractivity contribution in [1.82, 2.24) is 0 Å². The minimum absolute atomic E-state index is 0.0579. The molecule has 0 aromatic rings. The molecular weight excluding hydrogens is 167 g/mol. The molecule has 1 fully saturated rings. The number of allylic oxidation sites excluding steroid dienone is 2. The third kappa shape index (κ3) is 1.56. The average molecular weight is 177 g/mol. The van der Waals surface area contributed by atoms with Gasteiger partial charge in [0.2, 0.25) is 0 Å². The number of hydrogen-bond donors (Lipinski definition) is 0. The van der Waals surface area contributed by atoms with E-state index in [4.69, 9.17) is 23.2 Å². The molecule has 0 nitrogen and oxygen atoms in total. The van der Waals surface area contributed by atoms with Crippen LogP contribution in [0.5, 0.6) is 0 Å². The van der Waals surface area contributed by atoms with E-state index >= 15 is 0 Å². The monoisotopic (exact) mass is 176 g/mol. The van der Waals surface area contributed by atoms with Gasteiger partial charge in [-0.15, -0.1) is 23.2 Å². The molecule has 0 heterocycles. The average Bonchev–Trinajstić information content (AvgIpc) is 1.84. The number of hydrogen-bond acceptors (Lipinski definition) is 0. The fourth-order valence-electron chi connectivity index (χ4n) is 1.00. The third-order valence-electron chi connectivity index (χ3n) is 1.77. The van der Waals surface area contributed by atoms with Gasteiger partial charge in [0, 0.05) is 0 Å². The summed E-state index contributed by atoms with van der Waals surface area (Å²) in [6.07, 6.45) is 1.57. The fourth-order valence-corrected chi connectivity index (χ4v) is 1.58. The maximum absolute atomic E-state index is 5.91. The second kappa shape index (κ2) is 2.98. The molecule has 0 aromatic carbocycles. The lowest BCUT2D eigenvalue weighted by Crippen LogP contribution is -2.18. The first kappa shape index (κ1) is 8.16. The summed E-state index contributed by atoms with van der Waals surface area (Å²) >= 11 is 11.8. The highest BCUT2D eigenvalue weighted by atomic mass is 35.5. The largest absolute Gasteiger partial charge is 0.118 e. The van der Waals surface area contributed by atoms with E-state index in [-0.39, 0.29) is 10.8 Å². The van der Waals surface area contributed by atoms with Gasteiger partial charge in [0.25, 0.3) is 0 Å². The summed E-state index contributed by atoms with van der Waals surface area (Å²) < 4.78 is 0. The predicted molar refractivity (Wildman–Crippen MR) is 46.8 cm³/mol. The summed E-state index contributed by atoms with van der Waals surface area (Å²) in [6.45, 7) is 7.65. The zero-order valence-electron chi connectivity index (χ0n) is 5.74. The van der Waals surface area contributed by atoms with Gasteiger partial charge in [-0.25, -0.2) is 0 Å². The van der Waals surface area contributed by atoms with E-state index in [9.17, 15) is 0 Å². The SMILES string of the molecule is C=C1CC(Cl)C(=C)CC1Cl. The van der Waals surface area contributed by atoms with Crippen LogP contribution in [0, 0.1) is 0 Å². The predicted octanol–water partition coefficient (Wildman–Crippen LogP) is 3.11. The molecule has 1 rings (SSSR count). The van der Waals surface area contributed by atoms with E-state index < -0.39 is 0 Å². The maximum Gasteiger partial charge on any atom is 0.0580 e. The Hall–Kier alpha value is 0.0600. The van der Waals surface area contributed by atoms with E-state index in [0.29, 0.717) is 0 Å². The van der Waals surface area contributed by atoms with E-state index in [1.54, 1.807) is 0 Å². The Bertz CT molecular complexity index is 152. The van der Waals surface area contributed by atoms with Gasteiger partial charge in [-0.2, -0.15) is 0 Å². The molecule has 1 saturated carbocycles. The molecule has 1 aliphatic carbocycles. The molecule has 0 saturated heterocycles. The highest BCUT2D eigenvalue weighted by Crippen LogP contribution is 2.32. The Morgan fingerprint density at radius 1 is 1.00 bits per heavy atom. The summed E-state index contributed by atoms with van der Waals surface area (Å²) in [4.78, 5) is 0. The fraction of sp³-hybridized carbons (Fsp3) is 0.500. The van der Waals surface area contributed by atoms with Crippen LogP contribution in [0.4, 0.5) is 0 Å². The highest BCUT2D eigenvalue weighted by molar-refractivity contribution is 6.25. The van der Waals surface area contributed by atoms with Crippen molar-refractivity contribution in [2.75, 3.05) is 0 Å². The van der Waals surface area contributed by atoms with Gasteiger partial charge in [-0.3, -0.25) is 0 Å². The number of alkyl halides is 2. The zero-order chi connectivity index (χ0) is 7.72. The summed E-state index contributed by atoms with van der Waals surface area (Å²) in [6, 6.07) is 0. The third-order valence-corrected chi connectivity index (χ3v) is 2.69. The number of halogens is 2. The molecule has 10 heavy (non-hydrogen) atoms. The first-order valence-electron chi connectivity index (χ1n) is 3.24. The van der Waals surface area contributed by atoms with Crippen LogP contribution >= 0.6 is 23.2 Å². The first-order chi connectivity index (χ1) is 4.61. The lowest BCUT2D eigenvalue weighted by molar-refractivity contribution is 0.747.